The molecule has 0 bridgehead atoms. The third-order valence-corrected chi connectivity index (χ3v) is 5.88. The number of hydrogen-bond acceptors (Lipinski definition) is 8. The van der Waals surface area contributed by atoms with Crippen LogP contribution in [0.4, 0.5) is 14.4 Å². The van der Waals surface area contributed by atoms with Crippen LogP contribution in [0.2, 0.25) is 0 Å². The van der Waals surface area contributed by atoms with E-state index in [4.69, 9.17) is 26.4 Å². The molecule has 186 valence electrons. The van der Waals surface area contributed by atoms with Crippen LogP contribution in [0.5, 0.6) is 0 Å². The first-order valence-electron chi connectivity index (χ1n) is 10.8. The van der Waals surface area contributed by atoms with Crippen molar-refractivity contribution in [1.29, 1.82) is 0 Å². The predicted molar refractivity (Wildman–Crippen MR) is 140 cm³/mol. The standard InChI is InChI=1S/C26H24N2O6S2/c1-36-26(35)28(25(31)34-19-22-15-9-4-10-16-22)27(23(29)32-17-20-11-5-2-6-12-20)24(30)33-18-21-13-7-3-8-14-21/h2-16H,17-19H2,1H3. The van der Waals surface area contributed by atoms with E-state index < -0.39 is 18.3 Å². The van der Waals surface area contributed by atoms with Crippen molar-refractivity contribution in [1.82, 2.24) is 10.0 Å². The van der Waals surface area contributed by atoms with E-state index in [9.17, 15) is 14.4 Å². The maximum Gasteiger partial charge on any atom is 0.439 e. The van der Waals surface area contributed by atoms with E-state index in [0.717, 1.165) is 11.8 Å². The molecule has 3 aromatic carbocycles. The Morgan fingerprint density at radius 2 is 0.917 bits per heavy atom. The van der Waals surface area contributed by atoms with Crippen molar-refractivity contribution in [3.05, 3.63) is 108 Å². The maximum atomic E-state index is 13.1. The van der Waals surface area contributed by atoms with Crippen LogP contribution in [-0.4, -0.2) is 38.9 Å². The van der Waals surface area contributed by atoms with E-state index in [1.807, 2.05) is 18.2 Å². The van der Waals surface area contributed by atoms with E-state index in [1.54, 1.807) is 79.1 Å². The van der Waals surface area contributed by atoms with E-state index in [2.05, 4.69) is 0 Å². The number of carbonyl (C=O) groups is 3. The minimum absolute atomic E-state index is 0.0981. The predicted octanol–water partition coefficient (Wildman–Crippen LogP) is 6.16. The molecule has 0 aliphatic heterocycles. The Hall–Kier alpha value is -3.89. The first-order chi connectivity index (χ1) is 17.5. The second-order valence-electron chi connectivity index (χ2n) is 7.21. The van der Waals surface area contributed by atoms with Gasteiger partial charge in [0.1, 0.15) is 19.8 Å². The van der Waals surface area contributed by atoms with Crippen LogP contribution in [0.25, 0.3) is 0 Å². The molecule has 36 heavy (non-hydrogen) atoms. The Balaban J connectivity index is 1.81. The third-order valence-electron chi connectivity index (χ3n) is 4.68. The van der Waals surface area contributed by atoms with Gasteiger partial charge in [0, 0.05) is 0 Å². The second kappa shape index (κ2) is 13.9. The summed E-state index contributed by atoms with van der Waals surface area (Å²) in [5, 5.41) is 1.06. The number of thiocarbonyl (C=S) groups is 1. The third kappa shape index (κ3) is 7.82. The van der Waals surface area contributed by atoms with Gasteiger partial charge in [0.05, 0.1) is 0 Å². The van der Waals surface area contributed by atoms with Crippen molar-refractivity contribution in [3.63, 3.8) is 0 Å². The SMILES string of the molecule is CSC(=S)N(C(=O)OCc1ccccc1)N(C(=O)OCc1ccccc1)C(=O)OCc1ccccc1. The molecule has 0 atom stereocenters. The van der Waals surface area contributed by atoms with Crippen LogP contribution in [-0.2, 0) is 34.0 Å². The largest absolute Gasteiger partial charge is 0.443 e. The fourth-order valence-corrected chi connectivity index (χ4v) is 3.39. The number of imide groups is 1. The molecule has 3 amide bonds. The van der Waals surface area contributed by atoms with Crippen molar-refractivity contribution < 1.29 is 28.6 Å². The number of benzene rings is 3. The summed E-state index contributed by atoms with van der Waals surface area (Å²) in [6.07, 6.45) is -1.73. The lowest BCUT2D eigenvalue weighted by atomic mass is 10.2. The Kier molecular flexibility index (Phi) is 10.3. The van der Waals surface area contributed by atoms with Crippen molar-refractivity contribution in [2.24, 2.45) is 0 Å². The summed E-state index contributed by atoms with van der Waals surface area (Å²) in [7, 11) is 0. The Bertz CT molecular complexity index is 1110. The van der Waals surface area contributed by atoms with Gasteiger partial charge in [-0.3, -0.25) is 0 Å². The number of rotatable bonds is 6. The molecule has 0 fully saturated rings. The smallest absolute Gasteiger partial charge is 0.439 e. The van der Waals surface area contributed by atoms with E-state index in [-0.39, 0.29) is 24.1 Å². The molecule has 0 aliphatic carbocycles. The molecule has 10 heteroatoms. The van der Waals surface area contributed by atoms with Gasteiger partial charge in [-0.1, -0.05) is 115 Å². The summed E-state index contributed by atoms with van der Waals surface area (Å²) in [6, 6.07) is 26.7. The number of hydrazine groups is 1. The van der Waals surface area contributed by atoms with Gasteiger partial charge in [0.2, 0.25) is 0 Å². The summed E-state index contributed by atoms with van der Waals surface area (Å²) in [5.74, 6) is 0. The highest BCUT2D eigenvalue weighted by atomic mass is 32.2. The topological polar surface area (TPSA) is 85.4 Å². The van der Waals surface area contributed by atoms with E-state index in [0.29, 0.717) is 26.7 Å². The number of carbonyl (C=O) groups excluding carboxylic acids is 3. The average Bonchev–Trinajstić information content (AvgIpc) is 2.93. The van der Waals surface area contributed by atoms with Crippen LogP contribution >= 0.6 is 24.0 Å². The second-order valence-corrected chi connectivity index (χ2v) is 8.65. The Labute approximate surface area is 218 Å². The minimum Gasteiger partial charge on any atom is -0.443 e. The molecule has 0 aliphatic rings. The summed E-state index contributed by atoms with van der Waals surface area (Å²) in [6.45, 7) is -0.374. The lowest BCUT2D eigenvalue weighted by Gasteiger charge is -2.30. The molecule has 0 spiro atoms. The minimum atomic E-state index is -1.15. The maximum absolute atomic E-state index is 13.1. The van der Waals surface area contributed by atoms with Gasteiger partial charge in [0.15, 0.2) is 4.32 Å². The number of ether oxygens (including phenoxy) is 3. The van der Waals surface area contributed by atoms with Crippen LogP contribution in [0.3, 0.4) is 0 Å². The van der Waals surface area contributed by atoms with E-state index >= 15 is 0 Å². The van der Waals surface area contributed by atoms with Crippen molar-refractivity contribution in [2.45, 2.75) is 19.8 Å². The van der Waals surface area contributed by atoms with Gasteiger partial charge in [0.25, 0.3) is 0 Å². The zero-order valence-corrected chi connectivity index (χ0v) is 21.1. The fraction of sp³-hybridized carbons (Fsp3) is 0.154. The molecule has 3 aromatic rings. The average molecular weight is 525 g/mol. The number of hydrogen-bond donors (Lipinski definition) is 0. The molecular formula is C26H24N2O6S2. The van der Waals surface area contributed by atoms with Gasteiger partial charge < -0.3 is 14.2 Å². The van der Waals surface area contributed by atoms with Crippen LogP contribution in [0.1, 0.15) is 16.7 Å². The molecular weight excluding hydrogens is 500 g/mol. The number of nitrogens with zero attached hydrogens (tertiary/aromatic N) is 2. The van der Waals surface area contributed by atoms with Gasteiger partial charge >= 0.3 is 18.3 Å². The summed E-state index contributed by atoms with van der Waals surface area (Å²) >= 11 is 6.26. The van der Waals surface area contributed by atoms with Crippen LogP contribution in [0.15, 0.2) is 91.0 Å². The first kappa shape index (κ1) is 26.7. The molecule has 3 rings (SSSR count). The van der Waals surface area contributed by atoms with Gasteiger partial charge in [-0.15, -0.1) is 5.01 Å². The molecule has 0 aromatic heterocycles. The van der Waals surface area contributed by atoms with Crippen molar-refractivity contribution in [3.8, 4) is 0 Å². The normalized spacial score (nSPS) is 10.1. The highest BCUT2D eigenvalue weighted by Gasteiger charge is 2.38. The van der Waals surface area contributed by atoms with Crippen LogP contribution < -0.4 is 0 Å². The zero-order chi connectivity index (χ0) is 25.8. The Morgan fingerprint density at radius 1 is 0.611 bits per heavy atom. The fourth-order valence-electron chi connectivity index (χ4n) is 2.90. The number of amides is 3. The van der Waals surface area contributed by atoms with Crippen molar-refractivity contribution in [2.75, 3.05) is 6.26 Å². The van der Waals surface area contributed by atoms with Gasteiger partial charge in [-0.25, -0.2) is 14.4 Å². The quantitative estimate of drug-likeness (QED) is 0.215. The molecule has 0 N–H and O–H groups in total. The molecule has 0 radical (unpaired) electrons. The molecule has 8 nitrogen and oxygen atoms in total. The number of thioether (sulfide) groups is 1. The summed E-state index contributed by atoms with van der Waals surface area (Å²) in [4.78, 5) is 39.3. The molecule has 0 saturated carbocycles. The lowest BCUT2D eigenvalue weighted by molar-refractivity contribution is 0.00555. The monoisotopic (exact) mass is 524 g/mol. The molecule has 0 heterocycles. The first-order valence-corrected chi connectivity index (χ1v) is 12.4. The van der Waals surface area contributed by atoms with Crippen LogP contribution in [0, 0.1) is 0 Å². The zero-order valence-electron chi connectivity index (χ0n) is 19.4. The van der Waals surface area contributed by atoms with Gasteiger partial charge in [-0.05, 0) is 22.9 Å². The van der Waals surface area contributed by atoms with Gasteiger partial charge in [-0.2, -0.15) is 5.01 Å². The summed E-state index contributed by atoms with van der Waals surface area (Å²) in [5.41, 5.74) is 2.09. The van der Waals surface area contributed by atoms with Crippen molar-refractivity contribution >= 4 is 46.6 Å². The Morgan fingerprint density at radius 3 is 1.22 bits per heavy atom. The summed E-state index contributed by atoms with van der Waals surface area (Å²) < 4.78 is 15.9. The highest BCUT2D eigenvalue weighted by molar-refractivity contribution is 8.22. The highest BCUT2D eigenvalue weighted by Crippen LogP contribution is 2.17. The lowest BCUT2D eigenvalue weighted by Crippen LogP contribution is -2.54. The van der Waals surface area contributed by atoms with E-state index in [1.165, 1.54) is 0 Å². The molecule has 0 saturated heterocycles. The molecule has 0 unspecified atom stereocenters.